The monoisotopic (exact) mass is 375 g/mol. The fraction of sp³-hybridized carbons (Fsp3) is 0.167. The number of nitrogen functional groups attached to an aromatic ring is 1. The quantitative estimate of drug-likeness (QED) is 0.762. The Hall–Kier alpha value is -1.08. The molecule has 8 heteroatoms. The number of benzene rings is 1. The van der Waals surface area contributed by atoms with E-state index in [-0.39, 0.29) is 5.82 Å². The Morgan fingerprint density at radius 3 is 2.70 bits per heavy atom. The fourth-order valence-corrected chi connectivity index (χ4v) is 2.41. The first-order valence-corrected chi connectivity index (χ1v) is 7.30. The molecule has 0 saturated heterocycles. The predicted octanol–water partition coefficient (Wildman–Crippen LogP) is 3.17. The Kier molecular flexibility index (Phi) is 5.04. The molecule has 106 valence electrons. The number of hydrogen-bond acceptors (Lipinski definition) is 5. The normalized spacial score (nSPS) is 10.6. The van der Waals surface area contributed by atoms with Crippen LogP contribution in [0, 0.1) is 0 Å². The molecule has 0 unspecified atom stereocenters. The van der Waals surface area contributed by atoms with Crippen LogP contribution in [0.2, 0.25) is 10.0 Å². The summed E-state index contributed by atoms with van der Waals surface area (Å²) in [5.74, 6) is 0.798. The van der Waals surface area contributed by atoms with Crippen LogP contribution >= 0.6 is 39.1 Å². The van der Waals surface area contributed by atoms with E-state index in [9.17, 15) is 0 Å². The van der Waals surface area contributed by atoms with Crippen LogP contribution in [0.15, 0.2) is 22.8 Å². The van der Waals surface area contributed by atoms with E-state index in [1.54, 1.807) is 18.2 Å². The average molecular weight is 377 g/mol. The van der Waals surface area contributed by atoms with Crippen molar-refractivity contribution in [3.63, 3.8) is 0 Å². The predicted molar refractivity (Wildman–Crippen MR) is 87.1 cm³/mol. The molecule has 5 N–H and O–H groups in total. The summed E-state index contributed by atoms with van der Waals surface area (Å²) in [4.78, 5) is 8.64. The van der Waals surface area contributed by atoms with E-state index in [1.165, 1.54) is 0 Å². The van der Waals surface area contributed by atoms with Gasteiger partial charge in [-0.2, -0.15) is 0 Å². The van der Waals surface area contributed by atoms with E-state index < -0.39 is 0 Å². The highest BCUT2D eigenvalue weighted by molar-refractivity contribution is 9.10. The molecule has 0 saturated carbocycles. The van der Waals surface area contributed by atoms with E-state index in [0.29, 0.717) is 44.8 Å². The number of nitrogens with zero attached hydrogens (tertiary/aromatic N) is 2. The number of aromatic nitrogens is 2. The Morgan fingerprint density at radius 2 is 2.00 bits per heavy atom. The third-order valence-corrected chi connectivity index (χ3v) is 3.90. The van der Waals surface area contributed by atoms with Crippen LogP contribution in [0.5, 0.6) is 0 Å². The second kappa shape index (κ2) is 6.58. The molecule has 0 radical (unpaired) electrons. The Balaban J connectivity index is 2.48. The number of anilines is 2. The van der Waals surface area contributed by atoms with Crippen molar-refractivity contribution in [3.8, 4) is 11.3 Å². The summed E-state index contributed by atoms with van der Waals surface area (Å²) < 4.78 is 0.534. The van der Waals surface area contributed by atoms with Crippen LogP contribution < -0.4 is 16.8 Å². The van der Waals surface area contributed by atoms with Crippen molar-refractivity contribution in [2.24, 2.45) is 5.73 Å². The van der Waals surface area contributed by atoms with Gasteiger partial charge in [0.15, 0.2) is 11.6 Å². The first-order chi connectivity index (χ1) is 9.54. The molecule has 1 heterocycles. The number of nitrogens with one attached hydrogen (secondary N) is 1. The van der Waals surface area contributed by atoms with Crippen molar-refractivity contribution in [1.29, 1.82) is 0 Å². The number of hydrogen-bond donors (Lipinski definition) is 3. The maximum atomic E-state index is 6.17. The van der Waals surface area contributed by atoms with Crippen LogP contribution in [-0.2, 0) is 0 Å². The molecular formula is C12H12BrCl2N5. The van der Waals surface area contributed by atoms with Gasteiger partial charge >= 0.3 is 0 Å². The van der Waals surface area contributed by atoms with Crippen LogP contribution in [0.3, 0.4) is 0 Å². The first-order valence-electron chi connectivity index (χ1n) is 5.76. The van der Waals surface area contributed by atoms with Crippen LogP contribution in [0.25, 0.3) is 11.3 Å². The minimum absolute atomic E-state index is 0.261. The third kappa shape index (κ3) is 3.15. The average Bonchev–Trinajstić information content (AvgIpc) is 2.43. The second-order valence-electron chi connectivity index (χ2n) is 3.91. The van der Waals surface area contributed by atoms with Gasteiger partial charge in [0.2, 0.25) is 0 Å². The smallest absolute Gasteiger partial charge is 0.161 e. The first kappa shape index (κ1) is 15.3. The van der Waals surface area contributed by atoms with Gasteiger partial charge in [0.25, 0.3) is 0 Å². The summed E-state index contributed by atoms with van der Waals surface area (Å²) in [6.45, 7) is 1.06. The summed E-state index contributed by atoms with van der Waals surface area (Å²) in [6.07, 6.45) is 0. The van der Waals surface area contributed by atoms with Crippen LogP contribution in [-0.4, -0.2) is 23.1 Å². The molecule has 0 fully saturated rings. The minimum atomic E-state index is 0.261. The molecule has 0 aliphatic carbocycles. The van der Waals surface area contributed by atoms with Gasteiger partial charge < -0.3 is 16.8 Å². The van der Waals surface area contributed by atoms with Crippen molar-refractivity contribution in [3.05, 3.63) is 32.8 Å². The van der Waals surface area contributed by atoms with Gasteiger partial charge in [-0.25, -0.2) is 9.97 Å². The molecular weight excluding hydrogens is 365 g/mol. The van der Waals surface area contributed by atoms with Gasteiger partial charge in [-0.3, -0.25) is 0 Å². The number of halogens is 3. The molecule has 0 atom stereocenters. The van der Waals surface area contributed by atoms with E-state index in [0.717, 1.165) is 0 Å². The highest BCUT2D eigenvalue weighted by atomic mass is 79.9. The Labute approximate surface area is 134 Å². The molecule has 0 aliphatic heterocycles. The highest BCUT2D eigenvalue weighted by Crippen LogP contribution is 2.36. The summed E-state index contributed by atoms with van der Waals surface area (Å²) in [5.41, 5.74) is 12.5. The molecule has 5 nitrogen and oxygen atoms in total. The molecule has 0 aliphatic rings. The minimum Gasteiger partial charge on any atom is -0.382 e. The number of nitrogens with two attached hydrogens (primary N) is 2. The molecule has 1 aromatic heterocycles. The summed E-state index contributed by atoms with van der Waals surface area (Å²) in [7, 11) is 0. The number of rotatable bonds is 4. The van der Waals surface area contributed by atoms with Gasteiger partial charge in [-0.1, -0.05) is 35.3 Å². The lowest BCUT2D eigenvalue weighted by Gasteiger charge is -2.11. The summed E-state index contributed by atoms with van der Waals surface area (Å²) in [5, 5.41) is 3.85. The van der Waals surface area contributed by atoms with Crippen molar-refractivity contribution in [2.45, 2.75) is 0 Å². The highest BCUT2D eigenvalue weighted by Gasteiger charge is 2.15. The van der Waals surface area contributed by atoms with E-state index in [2.05, 4.69) is 31.2 Å². The van der Waals surface area contributed by atoms with E-state index in [4.69, 9.17) is 34.7 Å². The zero-order valence-corrected chi connectivity index (χ0v) is 13.4. The Morgan fingerprint density at radius 1 is 1.25 bits per heavy atom. The van der Waals surface area contributed by atoms with Crippen molar-refractivity contribution in [2.75, 3.05) is 24.1 Å². The van der Waals surface area contributed by atoms with E-state index in [1.807, 2.05) is 0 Å². The van der Waals surface area contributed by atoms with Gasteiger partial charge in [0.1, 0.15) is 10.3 Å². The van der Waals surface area contributed by atoms with Gasteiger partial charge in [-0.15, -0.1) is 0 Å². The lowest BCUT2D eigenvalue weighted by molar-refractivity contribution is 1.00. The maximum absolute atomic E-state index is 6.17. The third-order valence-electron chi connectivity index (χ3n) is 2.52. The molecule has 0 bridgehead atoms. The lowest BCUT2D eigenvalue weighted by Crippen LogP contribution is -2.15. The van der Waals surface area contributed by atoms with Gasteiger partial charge in [0, 0.05) is 18.7 Å². The lowest BCUT2D eigenvalue weighted by atomic mass is 10.1. The zero-order valence-electron chi connectivity index (χ0n) is 10.3. The molecule has 0 spiro atoms. The van der Waals surface area contributed by atoms with Crippen molar-refractivity contribution in [1.82, 2.24) is 9.97 Å². The van der Waals surface area contributed by atoms with Crippen molar-refractivity contribution < 1.29 is 0 Å². The van der Waals surface area contributed by atoms with Crippen LogP contribution in [0.1, 0.15) is 0 Å². The summed E-state index contributed by atoms with van der Waals surface area (Å²) in [6, 6.07) is 5.26. The Bertz CT molecular complexity index is 635. The molecule has 2 aromatic rings. The molecule has 20 heavy (non-hydrogen) atoms. The summed E-state index contributed by atoms with van der Waals surface area (Å²) >= 11 is 15.5. The fourth-order valence-electron chi connectivity index (χ4n) is 1.62. The maximum Gasteiger partial charge on any atom is 0.161 e. The molecule has 0 amide bonds. The second-order valence-corrected chi connectivity index (χ2v) is 5.45. The molecule has 1 aromatic carbocycles. The van der Waals surface area contributed by atoms with E-state index >= 15 is 0 Å². The van der Waals surface area contributed by atoms with Crippen molar-refractivity contribution >= 4 is 50.8 Å². The topological polar surface area (TPSA) is 89.8 Å². The SMILES string of the molecule is NCCNc1nc(N)c(-c2cccc(Cl)c2Cl)nc1Br. The van der Waals surface area contributed by atoms with Crippen LogP contribution in [0.4, 0.5) is 11.6 Å². The van der Waals surface area contributed by atoms with Gasteiger partial charge in [-0.05, 0) is 22.0 Å². The zero-order chi connectivity index (χ0) is 14.7. The van der Waals surface area contributed by atoms with Gasteiger partial charge in [0.05, 0.1) is 10.0 Å². The standard InChI is InChI=1S/C12H12BrCl2N5/c13-10-12(18-5-4-16)20-11(17)9(19-10)6-2-1-3-7(14)8(6)15/h1-3H,4-5,16H2,(H3,17,18,20). The largest absolute Gasteiger partial charge is 0.382 e. The molecule has 2 rings (SSSR count).